The fourth-order valence-electron chi connectivity index (χ4n) is 2.33. The SMILES string of the molecule is CC(C)c1ccc([C@@H]2C(NN)[C@@H]2C)cc1. The lowest BCUT2D eigenvalue weighted by Crippen LogP contribution is -2.26. The van der Waals surface area contributed by atoms with Crippen molar-refractivity contribution in [2.24, 2.45) is 11.8 Å². The van der Waals surface area contributed by atoms with Gasteiger partial charge in [-0.1, -0.05) is 45.0 Å². The second-order valence-corrected chi connectivity index (χ2v) is 4.90. The van der Waals surface area contributed by atoms with Crippen LogP contribution in [-0.2, 0) is 0 Å². The van der Waals surface area contributed by atoms with Crippen LogP contribution in [0.25, 0.3) is 0 Å². The van der Waals surface area contributed by atoms with Crippen LogP contribution >= 0.6 is 0 Å². The number of hydrogen-bond acceptors (Lipinski definition) is 2. The van der Waals surface area contributed by atoms with Crippen LogP contribution in [-0.4, -0.2) is 6.04 Å². The van der Waals surface area contributed by atoms with Crippen LogP contribution < -0.4 is 11.3 Å². The minimum atomic E-state index is 0.467. The van der Waals surface area contributed by atoms with Gasteiger partial charge in [0.25, 0.3) is 0 Å². The summed E-state index contributed by atoms with van der Waals surface area (Å²) in [6, 6.07) is 9.42. The third kappa shape index (κ3) is 1.92. The minimum absolute atomic E-state index is 0.467. The fourth-order valence-corrected chi connectivity index (χ4v) is 2.33. The van der Waals surface area contributed by atoms with Gasteiger partial charge in [-0.05, 0) is 23.0 Å². The van der Waals surface area contributed by atoms with Crippen molar-refractivity contribution < 1.29 is 0 Å². The lowest BCUT2D eigenvalue weighted by atomic mass is 10.00. The van der Waals surface area contributed by atoms with Crippen molar-refractivity contribution in [3.63, 3.8) is 0 Å². The Morgan fingerprint density at radius 3 is 2.20 bits per heavy atom. The van der Waals surface area contributed by atoms with Gasteiger partial charge in [0.05, 0.1) is 0 Å². The molecule has 1 aromatic carbocycles. The monoisotopic (exact) mass is 204 g/mol. The molecule has 0 heterocycles. The van der Waals surface area contributed by atoms with Crippen molar-refractivity contribution in [1.82, 2.24) is 5.43 Å². The van der Waals surface area contributed by atoms with Crippen LogP contribution in [0, 0.1) is 5.92 Å². The van der Waals surface area contributed by atoms with Crippen LogP contribution in [0.2, 0.25) is 0 Å². The molecule has 15 heavy (non-hydrogen) atoms. The molecule has 1 saturated carbocycles. The van der Waals surface area contributed by atoms with Gasteiger partial charge in [-0.15, -0.1) is 0 Å². The van der Waals surface area contributed by atoms with Crippen LogP contribution in [0.4, 0.5) is 0 Å². The Kier molecular flexibility index (Phi) is 2.81. The lowest BCUT2D eigenvalue weighted by molar-refractivity contribution is 0.685. The molecule has 0 radical (unpaired) electrons. The second-order valence-electron chi connectivity index (χ2n) is 4.90. The summed E-state index contributed by atoms with van der Waals surface area (Å²) < 4.78 is 0. The summed E-state index contributed by atoms with van der Waals surface area (Å²) in [5.41, 5.74) is 5.69. The van der Waals surface area contributed by atoms with Crippen molar-refractivity contribution in [3.8, 4) is 0 Å². The van der Waals surface area contributed by atoms with E-state index in [1.54, 1.807) is 0 Å². The second kappa shape index (κ2) is 3.95. The van der Waals surface area contributed by atoms with Gasteiger partial charge in [-0.25, -0.2) is 0 Å². The molecule has 3 N–H and O–H groups in total. The molecule has 0 aliphatic heterocycles. The van der Waals surface area contributed by atoms with Gasteiger partial charge in [0.15, 0.2) is 0 Å². The van der Waals surface area contributed by atoms with E-state index in [1.807, 2.05) is 0 Å². The highest BCUT2D eigenvalue weighted by Gasteiger charge is 2.46. The Labute approximate surface area is 91.8 Å². The van der Waals surface area contributed by atoms with Crippen LogP contribution in [0.3, 0.4) is 0 Å². The molecule has 1 unspecified atom stereocenters. The van der Waals surface area contributed by atoms with Crippen LogP contribution in [0.15, 0.2) is 24.3 Å². The number of hydrazine groups is 1. The van der Waals surface area contributed by atoms with E-state index >= 15 is 0 Å². The molecule has 0 amide bonds. The van der Waals surface area contributed by atoms with Crippen LogP contribution in [0.1, 0.15) is 43.7 Å². The largest absolute Gasteiger partial charge is 0.271 e. The van der Waals surface area contributed by atoms with E-state index in [0.29, 0.717) is 23.8 Å². The van der Waals surface area contributed by atoms with Gasteiger partial charge >= 0.3 is 0 Å². The summed E-state index contributed by atoms with van der Waals surface area (Å²) in [6.45, 7) is 6.68. The average molecular weight is 204 g/mol. The lowest BCUT2D eigenvalue weighted by Gasteiger charge is -2.06. The predicted molar refractivity (Wildman–Crippen MR) is 63.5 cm³/mol. The predicted octanol–water partition coefficient (Wildman–Crippen LogP) is 2.38. The van der Waals surface area contributed by atoms with Crippen molar-refractivity contribution in [2.75, 3.05) is 0 Å². The molecule has 0 spiro atoms. The van der Waals surface area contributed by atoms with E-state index in [4.69, 9.17) is 5.84 Å². The van der Waals surface area contributed by atoms with Gasteiger partial charge < -0.3 is 0 Å². The van der Waals surface area contributed by atoms with Crippen molar-refractivity contribution in [1.29, 1.82) is 0 Å². The molecule has 0 bridgehead atoms. The smallest absolute Gasteiger partial charge is 0.0314 e. The van der Waals surface area contributed by atoms with Crippen molar-refractivity contribution in [3.05, 3.63) is 35.4 Å². The summed E-state index contributed by atoms with van der Waals surface area (Å²) in [5, 5.41) is 0. The number of nitrogens with one attached hydrogen (secondary N) is 1. The number of hydrogen-bond donors (Lipinski definition) is 2. The Bertz CT molecular complexity index is 329. The zero-order valence-corrected chi connectivity index (χ0v) is 9.70. The topological polar surface area (TPSA) is 38.0 Å². The first-order chi connectivity index (χ1) is 7.15. The zero-order valence-electron chi connectivity index (χ0n) is 9.70. The first-order valence-corrected chi connectivity index (χ1v) is 5.71. The zero-order chi connectivity index (χ0) is 11.0. The maximum absolute atomic E-state index is 5.48. The Morgan fingerprint density at radius 1 is 1.20 bits per heavy atom. The summed E-state index contributed by atoms with van der Waals surface area (Å²) in [7, 11) is 0. The quantitative estimate of drug-likeness (QED) is 0.586. The molecule has 1 aliphatic carbocycles. The summed E-state index contributed by atoms with van der Waals surface area (Å²) >= 11 is 0. The fraction of sp³-hybridized carbons (Fsp3) is 0.538. The number of nitrogens with two attached hydrogens (primary N) is 1. The maximum atomic E-state index is 5.48. The number of rotatable bonds is 3. The summed E-state index contributed by atoms with van der Waals surface area (Å²) in [5.74, 6) is 7.36. The molecule has 0 saturated heterocycles. The molecule has 2 nitrogen and oxygen atoms in total. The van der Waals surface area contributed by atoms with Gasteiger partial charge in [0, 0.05) is 12.0 Å². The average Bonchev–Trinajstić information content (AvgIpc) is 2.89. The normalized spacial score (nSPS) is 29.5. The van der Waals surface area contributed by atoms with E-state index in [1.165, 1.54) is 11.1 Å². The highest BCUT2D eigenvalue weighted by atomic mass is 15.3. The molecular formula is C13H20N2. The van der Waals surface area contributed by atoms with Gasteiger partial charge in [0.1, 0.15) is 0 Å². The molecule has 0 aromatic heterocycles. The van der Waals surface area contributed by atoms with Crippen molar-refractivity contribution in [2.45, 2.75) is 38.6 Å². The Hall–Kier alpha value is -0.860. The molecular weight excluding hydrogens is 184 g/mol. The Balaban J connectivity index is 2.12. The third-order valence-electron chi connectivity index (χ3n) is 3.56. The summed E-state index contributed by atoms with van der Waals surface area (Å²) in [6.07, 6.45) is 0. The Morgan fingerprint density at radius 2 is 1.80 bits per heavy atom. The van der Waals surface area contributed by atoms with E-state index in [0.717, 1.165) is 0 Å². The van der Waals surface area contributed by atoms with E-state index in [9.17, 15) is 0 Å². The molecule has 3 atom stereocenters. The van der Waals surface area contributed by atoms with E-state index < -0.39 is 0 Å². The highest BCUT2D eigenvalue weighted by Crippen LogP contribution is 2.46. The van der Waals surface area contributed by atoms with Crippen LogP contribution in [0.5, 0.6) is 0 Å². The summed E-state index contributed by atoms with van der Waals surface area (Å²) in [4.78, 5) is 0. The van der Waals surface area contributed by atoms with Gasteiger partial charge in [-0.2, -0.15) is 0 Å². The molecule has 82 valence electrons. The first kappa shape index (κ1) is 10.7. The molecule has 1 aliphatic rings. The van der Waals surface area contributed by atoms with Gasteiger partial charge in [-0.3, -0.25) is 11.3 Å². The standard InChI is InChI=1S/C13H20N2/c1-8(2)10-4-6-11(7-5-10)12-9(3)13(12)15-14/h4-9,12-13,15H,14H2,1-3H3/t9-,12-,13?/m1/s1. The van der Waals surface area contributed by atoms with Gasteiger partial charge in [0.2, 0.25) is 0 Å². The number of benzene rings is 1. The molecule has 1 aromatic rings. The molecule has 1 fully saturated rings. The first-order valence-electron chi connectivity index (χ1n) is 5.71. The maximum Gasteiger partial charge on any atom is 0.0314 e. The highest BCUT2D eigenvalue weighted by molar-refractivity contribution is 5.33. The van der Waals surface area contributed by atoms with Crippen molar-refractivity contribution >= 4 is 0 Å². The van der Waals surface area contributed by atoms with E-state index in [-0.39, 0.29) is 0 Å². The molecule has 2 heteroatoms. The minimum Gasteiger partial charge on any atom is -0.271 e. The van der Waals surface area contributed by atoms with E-state index in [2.05, 4.69) is 50.5 Å². The third-order valence-corrected chi connectivity index (χ3v) is 3.56. The molecule has 2 rings (SSSR count).